The summed E-state index contributed by atoms with van der Waals surface area (Å²) in [4.78, 5) is 0.536. The van der Waals surface area contributed by atoms with Crippen LogP contribution in [0.2, 0.25) is 0 Å². The number of nitrogens with zero attached hydrogens (tertiary/aromatic N) is 1. The third-order valence-electron chi connectivity index (χ3n) is 1.50. The maximum absolute atomic E-state index is 8.99. The van der Waals surface area contributed by atoms with E-state index in [0.29, 0.717) is 4.99 Å². The van der Waals surface area contributed by atoms with Crippen LogP contribution in [-0.4, -0.2) is 33.0 Å². The van der Waals surface area contributed by atoms with E-state index in [1.807, 2.05) is 0 Å². The van der Waals surface area contributed by atoms with Gasteiger partial charge in [-0.05, 0) is 6.42 Å². The predicted octanol–water partition coefficient (Wildman–Crippen LogP) is 0.160. The molecule has 1 fully saturated rings. The average Bonchev–Trinajstić information content (AvgIpc) is 2.15. The fourth-order valence-electron chi connectivity index (χ4n) is 0.899. The van der Waals surface area contributed by atoms with Gasteiger partial charge in [-0.15, -0.1) is 0 Å². The van der Waals surface area contributed by atoms with E-state index in [2.05, 4.69) is 0 Å². The third-order valence-corrected chi connectivity index (χ3v) is 1.89. The lowest BCUT2D eigenvalue weighted by atomic mass is 10.2. The zero-order chi connectivity index (χ0) is 6.85. The fraction of sp³-hybridized carbons (Fsp3) is 0.800. The molecule has 0 aromatic rings. The summed E-state index contributed by atoms with van der Waals surface area (Å²) in [5, 5.41) is 18.6. The molecule has 0 radical (unpaired) electrons. The van der Waals surface area contributed by atoms with Gasteiger partial charge in [-0.25, -0.2) is 5.06 Å². The molecule has 4 heteroatoms. The highest BCUT2D eigenvalue weighted by molar-refractivity contribution is 7.80. The van der Waals surface area contributed by atoms with Crippen LogP contribution in [0.25, 0.3) is 0 Å². The van der Waals surface area contributed by atoms with Gasteiger partial charge in [0.1, 0.15) is 4.99 Å². The first kappa shape index (κ1) is 6.92. The Kier molecular flexibility index (Phi) is 2.00. The number of aliphatic hydroxyl groups is 1. The van der Waals surface area contributed by atoms with Gasteiger partial charge in [0.05, 0.1) is 12.6 Å². The van der Waals surface area contributed by atoms with Gasteiger partial charge in [0.2, 0.25) is 0 Å². The van der Waals surface area contributed by atoms with Crippen molar-refractivity contribution in [1.82, 2.24) is 5.06 Å². The Bertz CT molecular complexity index is 128. The molecule has 1 heterocycles. The highest BCUT2D eigenvalue weighted by Crippen LogP contribution is 2.16. The summed E-state index contributed by atoms with van der Waals surface area (Å²) in [7, 11) is 0. The first-order valence-electron chi connectivity index (χ1n) is 2.87. The van der Waals surface area contributed by atoms with Crippen molar-refractivity contribution in [1.29, 1.82) is 0 Å². The Morgan fingerprint density at radius 1 is 1.78 bits per heavy atom. The van der Waals surface area contributed by atoms with E-state index in [4.69, 9.17) is 22.5 Å². The number of aliphatic hydroxyl groups excluding tert-OH is 1. The zero-order valence-electron chi connectivity index (χ0n) is 4.95. The molecule has 0 bridgehead atoms. The Hall–Kier alpha value is -0.190. The Labute approximate surface area is 58.9 Å². The van der Waals surface area contributed by atoms with Gasteiger partial charge in [-0.2, -0.15) is 0 Å². The monoisotopic (exact) mass is 147 g/mol. The van der Waals surface area contributed by atoms with Crippen LogP contribution in [-0.2, 0) is 0 Å². The van der Waals surface area contributed by atoms with Gasteiger partial charge in [-0.3, -0.25) is 5.21 Å². The van der Waals surface area contributed by atoms with E-state index >= 15 is 0 Å². The van der Waals surface area contributed by atoms with E-state index in [1.54, 1.807) is 0 Å². The molecule has 0 unspecified atom stereocenters. The summed E-state index contributed by atoms with van der Waals surface area (Å²) >= 11 is 4.75. The molecule has 1 atom stereocenters. The Morgan fingerprint density at radius 2 is 2.44 bits per heavy atom. The SMILES string of the molecule is OC[C@H]1CCC(=S)N1O. The van der Waals surface area contributed by atoms with Gasteiger partial charge in [-0.1, -0.05) is 12.2 Å². The number of rotatable bonds is 1. The van der Waals surface area contributed by atoms with Gasteiger partial charge in [0.25, 0.3) is 0 Å². The normalized spacial score (nSPS) is 27.6. The highest BCUT2D eigenvalue weighted by Gasteiger charge is 2.25. The molecule has 0 saturated carbocycles. The van der Waals surface area contributed by atoms with Crippen LogP contribution in [0.4, 0.5) is 0 Å². The fourth-order valence-corrected chi connectivity index (χ4v) is 1.17. The minimum absolute atomic E-state index is 0.0172. The molecule has 52 valence electrons. The van der Waals surface area contributed by atoms with Crippen LogP contribution in [0.5, 0.6) is 0 Å². The standard InChI is InChI=1S/C5H9NO2S/c7-3-4-1-2-5(9)6(4)8/h4,7-8H,1-3H2/t4-/m1/s1. The molecule has 0 aromatic heterocycles. The summed E-state index contributed by atoms with van der Waals surface area (Å²) < 4.78 is 0. The van der Waals surface area contributed by atoms with E-state index in [1.165, 1.54) is 0 Å². The number of hydrogen-bond donors (Lipinski definition) is 2. The molecule has 0 spiro atoms. The van der Waals surface area contributed by atoms with E-state index in [0.717, 1.165) is 17.9 Å². The van der Waals surface area contributed by atoms with Crippen molar-refractivity contribution >= 4 is 17.2 Å². The number of hydroxylamine groups is 2. The molecular formula is C5H9NO2S. The smallest absolute Gasteiger partial charge is 0.104 e. The van der Waals surface area contributed by atoms with E-state index in [-0.39, 0.29) is 12.6 Å². The number of thiocarbonyl (C=S) groups is 1. The minimum Gasteiger partial charge on any atom is -0.394 e. The minimum atomic E-state index is -0.155. The van der Waals surface area contributed by atoms with Crippen LogP contribution in [0.15, 0.2) is 0 Å². The second-order valence-electron chi connectivity index (χ2n) is 2.11. The highest BCUT2D eigenvalue weighted by atomic mass is 32.1. The molecule has 1 saturated heterocycles. The molecule has 1 rings (SSSR count). The Balaban J connectivity index is 2.51. The average molecular weight is 147 g/mol. The molecule has 0 amide bonds. The van der Waals surface area contributed by atoms with Crippen LogP contribution < -0.4 is 0 Å². The summed E-state index contributed by atoms with van der Waals surface area (Å²) in [5.74, 6) is 0. The topological polar surface area (TPSA) is 43.7 Å². The largest absolute Gasteiger partial charge is 0.394 e. The number of hydrogen-bond acceptors (Lipinski definition) is 3. The van der Waals surface area contributed by atoms with Crippen LogP contribution in [0.3, 0.4) is 0 Å². The molecule has 9 heavy (non-hydrogen) atoms. The zero-order valence-corrected chi connectivity index (χ0v) is 5.77. The van der Waals surface area contributed by atoms with Crippen molar-refractivity contribution < 1.29 is 10.3 Å². The van der Waals surface area contributed by atoms with Crippen molar-refractivity contribution in [3.63, 3.8) is 0 Å². The second kappa shape index (κ2) is 2.60. The lowest BCUT2D eigenvalue weighted by Gasteiger charge is -2.15. The molecule has 0 aliphatic carbocycles. The van der Waals surface area contributed by atoms with Crippen molar-refractivity contribution in [2.24, 2.45) is 0 Å². The van der Waals surface area contributed by atoms with Gasteiger partial charge in [0.15, 0.2) is 0 Å². The lowest BCUT2D eigenvalue weighted by Crippen LogP contribution is -2.30. The van der Waals surface area contributed by atoms with Gasteiger partial charge < -0.3 is 5.11 Å². The van der Waals surface area contributed by atoms with E-state index < -0.39 is 0 Å². The van der Waals surface area contributed by atoms with Gasteiger partial charge in [0, 0.05) is 6.42 Å². The second-order valence-corrected chi connectivity index (χ2v) is 2.58. The maximum Gasteiger partial charge on any atom is 0.104 e. The summed E-state index contributed by atoms with van der Waals surface area (Å²) in [5.41, 5.74) is 0. The molecule has 2 N–H and O–H groups in total. The maximum atomic E-state index is 8.99. The summed E-state index contributed by atoms with van der Waals surface area (Å²) in [6.45, 7) is -0.0172. The van der Waals surface area contributed by atoms with Crippen LogP contribution in [0.1, 0.15) is 12.8 Å². The van der Waals surface area contributed by atoms with Crippen LogP contribution >= 0.6 is 12.2 Å². The molecular weight excluding hydrogens is 138 g/mol. The molecule has 0 aromatic carbocycles. The summed E-state index contributed by atoms with van der Waals surface area (Å²) in [6, 6.07) is -0.155. The van der Waals surface area contributed by atoms with Crippen LogP contribution in [0, 0.1) is 0 Å². The van der Waals surface area contributed by atoms with Crippen molar-refractivity contribution in [3.8, 4) is 0 Å². The molecule has 1 aliphatic rings. The molecule has 1 aliphatic heterocycles. The third kappa shape index (κ3) is 1.20. The first-order chi connectivity index (χ1) is 4.25. The van der Waals surface area contributed by atoms with Crippen molar-refractivity contribution in [2.45, 2.75) is 18.9 Å². The Morgan fingerprint density at radius 3 is 2.67 bits per heavy atom. The first-order valence-corrected chi connectivity index (χ1v) is 3.28. The molecule has 3 nitrogen and oxygen atoms in total. The lowest BCUT2D eigenvalue weighted by molar-refractivity contribution is -0.0546. The van der Waals surface area contributed by atoms with Crippen molar-refractivity contribution in [3.05, 3.63) is 0 Å². The van der Waals surface area contributed by atoms with E-state index in [9.17, 15) is 0 Å². The predicted molar refractivity (Wildman–Crippen MR) is 36.3 cm³/mol. The van der Waals surface area contributed by atoms with Crippen molar-refractivity contribution in [2.75, 3.05) is 6.61 Å². The quantitative estimate of drug-likeness (QED) is 0.518. The summed E-state index contributed by atoms with van der Waals surface area (Å²) in [6.07, 6.45) is 1.49. The van der Waals surface area contributed by atoms with Gasteiger partial charge >= 0.3 is 0 Å².